The largest absolute Gasteiger partial charge is 0.472 e. The smallest absolute Gasteiger partial charge is 0.387 e. The predicted molar refractivity (Wildman–Crippen MR) is 309 cm³/mol. The number of hydrogen-bond donors (Lipinski definition) is 3. The van der Waals surface area contributed by atoms with Crippen molar-refractivity contribution in [2.75, 3.05) is 40.9 Å². The number of phosphoric ester groups is 1. The average Bonchev–Trinajstić information content (AvgIpc) is 3.33. The van der Waals surface area contributed by atoms with Gasteiger partial charge in [-0.05, 0) is 64.2 Å². The molecule has 71 heavy (non-hydrogen) atoms. The van der Waals surface area contributed by atoms with Crippen LogP contribution in [0, 0.1) is 0 Å². The van der Waals surface area contributed by atoms with E-state index >= 15 is 0 Å². The normalized spacial score (nSPS) is 14.2. The van der Waals surface area contributed by atoms with Gasteiger partial charge in [0.05, 0.1) is 39.9 Å². The third-order valence-corrected chi connectivity index (χ3v) is 14.8. The molecule has 0 radical (unpaired) electrons. The van der Waals surface area contributed by atoms with Crippen molar-refractivity contribution in [3.05, 3.63) is 48.6 Å². The molecule has 0 aromatic carbocycles. The third kappa shape index (κ3) is 56.0. The van der Waals surface area contributed by atoms with Crippen LogP contribution in [-0.2, 0) is 18.4 Å². The molecule has 0 rings (SSSR count). The first kappa shape index (κ1) is 69.5. The number of allylic oxidation sites excluding steroid dienone is 7. The van der Waals surface area contributed by atoms with Gasteiger partial charge in [0.1, 0.15) is 13.2 Å². The third-order valence-electron chi connectivity index (χ3n) is 13.8. The summed E-state index contributed by atoms with van der Waals surface area (Å²) in [5.74, 6) is -0.183. The molecule has 418 valence electrons. The fourth-order valence-electron chi connectivity index (χ4n) is 8.97. The van der Waals surface area contributed by atoms with E-state index in [4.69, 9.17) is 9.05 Å². The van der Waals surface area contributed by atoms with E-state index in [1.54, 1.807) is 6.08 Å². The highest BCUT2D eigenvalue weighted by Crippen LogP contribution is 2.43. The summed E-state index contributed by atoms with van der Waals surface area (Å²) in [6.45, 7) is 4.82. The Hall–Kier alpha value is -1.54. The number of nitrogens with zero attached hydrogens (tertiary/aromatic N) is 1. The van der Waals surface area contributed by atoms with E-state index in [0.29, 0.717) is 17.4 Å². The number of carbonyl (C=O) groups is 1. The average molecular weight is 1020 g/mol. The second-order valence-corrected chi connectivity index (χ2v) is 23.5. The first-order valence-electron chi connectivity index (χ1n) is 30.5. The topological polar surface area (TPSA) is 105 Å². The number of likely N-dealkylation sites (N-methyl/N-ethyl adjacent to an activating group) is 1. The fourth-order valence-corrected chi connectivity index (χ4v) is 9.71. The molecular formula is C62H120N2O6P+. The second kappa shape index (κ2) is 53.3. The van der Waals surface area contributed by atoms with Crippen LogP contribution in [0.3, 0.4) is 0 Å². The second-order valence-electron chi connectivity index (χ2n) is 22.1. The van der Waals surface area contributed by atoms with Gasteiger partial charge in [-0.3, -0.25) is 13.8 Å². The summed E-state index contributed by atoms with van der Waals surface area (Å²) >= 11 is 0. The first-order valence-corrected chi connectivity index (χ1v) is 32.0. The zero-order valence-corrected chi connectivity index (χ0v) is 48.6. The first-order chi connectivity index (χ1) is 34.5. The highest BCUT2D eigenvalue weighted by molar-refractivity contribution is 7.47. The van der Waals surface area contributed by atoms with Crippen LogP contribution >= 0.6 is 7.82 Å². The van der Waals surface area contributed by atoms with Crippen molar-refractivity contribution in [2.45, 2.75) is 302 Å². The van der Waals surface area contributed by atoms with Crippen LogP contribution in [0.15, 0.2) is 48.6 Å². The number of amides is 1. The van der Waals surface area contributed by atoms with Crippen molar-refractivity contribution in [3.8, 4) is 0 Å². The summed E-state index contributed by atoms with van der Waals surface area (Å²) < 4.78 is 23.7. The Balaban J connectivity index is 4.16. The standard InChI is InChI=1S/C62H119N2O6P/c1-6-8-10-12-14-16-18-20-22-24-26-28-29-30-31-32-33-34-35-36-38-40-42-44-46-48-50-52-54-56-62(66)63-60(59-70-71(67,68)69-58-57-64(3,4)5)61(65)55-53-51-49-47-45-43-41-39-37-27-25-23-21-19-17-15-13-11-9-7-2/h18,20,24,26,45,47,53,55,60-61,65H,6-17,19,21-23,25,27-44,46,48-52,54,56-59H2,1-5H3,(H-,63,66,67,68)/p+1/b20-18-,26-24-,47-45+,55-53+. The van der Waals surface area contributed by atoms with Gasteiger partial charge in [-0.2, -0.15) is 0 Å². The van der Waals surface area contributed by atoms with Crippen molar-refractivity contribution in [1.29, 1.82) is 0 Å². The lowest BCUT2D eigenvalue weighted by molar-refractivity contribution is -0.870. The number of aliphatic hydroxyl groups excluding tert-OH is 1. The minimum atomic E-state index is -4.36. The van der Waals surface area contributed by atoms with E-state index < -0.39 is 20.0 Å². The number of hydrogen-bond acceptors (Lipinski definition) is 5. The maximum Gasteiger partial charge on any atom is 0.472 e. The summed E-state index contributed by atoms with van der Waals surface area (Å²) in [5, 5.41) is 13.9. The summed E-state index contributed by atoms with van der Waals surface area (Å²) in [5.41, 5.74) is 0. The molecule has 1 amide bonds. The van der Waals surface area contributed by atoms with Crippen molar-refractivity contribution in [2.24, 2.45) is 0 Å². The number of carbonyl (C=O) groups excluding carboxylic acids is 1. The van der Waals surface area contributed by atoms with Gasteiger partial charge in [0.15, 0.2) is 0 Å². The van der Waals surface area contributed by atoms with Crippen molar-refractivity contribution in [1.82, 2.24) is 5.32 Å². The van der Waals surface area contributed by atoms with Gasteiger partial charge in [0.2, 0.25) is 5.91 Å². The van der Waals surface area contributed by atoms with E-state index in [-0.39, 0.29) is 19.1 Å². The molecule has 0 aliphatic heterocycles. The molecule has 0 bridgehead atoms. The Bertz CT molecular complexity index is 1290. The lowest BCUT2D eigenvalue weighted by Gasteiger charge is -2.25. The van der Waals surface area contributed by atoms with Crippen LogP contribution < -0.4 is 5.32 Å². The number of quaternary nitrogens is 1. The van der Waals surface area contributed by atoms with Gasteiger partial charge in [-0.25, -0.2) is 4.57 Å². The molecule has 0 saturated heterocycles. The quantitative estimate of drug-likeness (QED) is 0.0243. The molecule has 0 fully saturated rings. The minimum absolute atomic E-state index is 0.0566. The Morgan fingerprint density at radius 2 is 0.817 bits per heavy atom. The van der Waals surface area contributed by atoms with Gasteiger partial charge >= 0.3 is 7.82 Å². The van der Waals surface area contributed by atoms with Crippen molar-refractivity contribution in [3.63, 3.8) is 0 Å². The Morgan fingerprint density at radius 1 is 0.479 bits per heavy atom. The monoisotopic (exact) mass is 1020 g/mol. The molecule has 0 saturated carbocycles. The number of nitrogens with one attached hydrogen (secondary N) is 1. The maximum absolute atomic E-state index is 13.0. The molecule has 0 aromatic heterocycles. The Labute approximate surface area is 441 Å². The summed E-state index contributed by atoms with van der Waals surface area (Å²) in [7, 11) is 1.56. The lowest BCUT2D eigenvalue weighted by Crippen LogP contribution is -2.45. The zero-order valence-electron chi connectivity index (χ0n) is 47.7. The minimum Gasteiger partial charge on any atom is -0.387 e. The van der Waals surface area contributed by atoms with E-state index in [1.807, 2.05) is 27.2 Å². The molecule has 0 aromatic rings. The highest BCUT2D eigenvalue weighted by atomic mass is 31.2. The molecule has 0 spiro atoms. The number of phosphoric acid groups is 1. The SMILES string of the molecule is CCCCCCC/C=C\C/C=C\CCCCCCCCCCCCCCCCCCCC(=O)NC(COP(=O)(O)OCC[N+](C)(C)C)C(O)/C=C/CC/C=C/CCCCCCCCCCCCCCCC. The predicted octanol–water partition coefficient (Wildman–Crippen LogP) is 18.7. The van der Waals surface area contributed by atoms with Gasteiger partial charge in [0.25, 0.3) is 0 Å². The van der Waals surface area contributed by atoms with Crippen LogP contribution in [0.4, 0.5) is 0 Å². The van der Waals surface area contributed by atoms with Gasteiger partial charge < -0.3 is 19.8 Å². The number of aliphatic hydroxyl groups is 1. The van der Waals surface area contributed by atoms with Crippen molar-refractivity contribution < 1.29 is 32.9 Å². The number of unbranched alkanes of at least 4 members (excludes halogenated alkanes) is 37. The number of rotatable bonds is 56. The molecule has 0 aliphatic rings. The maximum atomic E-state index is 13.0. The summed E-state index contributed by atoms with van der Waals surface area (Å²) in [6, 6.07) is -0.864. The zero-order chi connectivity index (χ0) is 52.0. The van der Waals surface area contributed by atoms with Gasteiger partial charge in [-0.15, -0.1) is 0 Å². The van der Waals surface area contributed by atoms with Crippen LogP contribution in [0.5, 0.6) is 0 Å². The molecule has 3 atom stereocenters. The molecular weight excluding hydrogens is 900 g/mol. The van der Waals surface area contributed by atoms with Crippen LogP contribution in [-0.4, -0.2) is 73.4 Å². The highest BCUT2D eigenvalue weighted by Gasteiger charge is 2.27. The van der Waals surface area contributed by atoms with Crippen LogP contribution in [0.25, 0.3) is 0 Å². The summed E-state index contributed by atoms with van der Waals surface area (Å²) in [4.78, 5) is 23.3. The van der Waals surface area contributed by atoms with Crippen LogP contribution in [0.1, 0.15) is 290 Å². The lowest BCUT2D eigenvalue weighted by atomic mass is 10.0. The van der Waals surface area contributed by atoms with E-state index in [2.05, 4.69) is 55.6 Å². The molecule has 0 aliphatic carbocycles. The van der Waals surface area contributed by atoms with E-state index in [1.165, 1.54) is 225 Å². The van der Waals surface area contributed by atoms with Crippen LogP contribution in [0.2, 0.25) is 0 Å². The Morgan fingerprint density at radius 3 is 1.21 bits per heavy atom. The van der Waals surface area contributed by atoms with E-state index in [9.17, 15) is 19.4 Å². The van der Waals surface area contributed by atoms with Gasteiger partial charge in [-0.1, -0.05) is 268 Å². The fraction of sp³-hybridized carbons (Fsp3) is 0.855. The molecule has 9 heteroatoms. The Kier molecular flexibility index (Phi) is 52.1. The summed E-state index contributed by atoms with van der Waals surface area (Å²) in [6.07, 6.45) is 70.8. The van der Waals surface area contributed by atoms with E-state index in [0.717, 1.165) is 44.9 Å². The molecule has 0 heterocycles. The van der Waals surface area contributed by atoms with Gasteiger partial charge in [0, 0.05) is 6.42 Å². The van der Waals surface area contributed by atoms with Crippen molar-refractivity contribution >= 4 is 13.7 Å². The molecule has 3 N–H and O–H groups in total. The molecule has 3 unspecified atom stereocenters. The molecule has 8 nitrogen and oxygen atoms in total.